The van der Waals surface area contributed by atoms with E-state index >= 15 is 0 Å². The molecule has 0 saturated heterocycles. The van der Waals surface area contributed by atoms with Crippen LogP contribution in [0.15, 0.2) is 200 Å². The molecule has 6 aromatic carbocycles. The predicted molar refractivity (Wildman–Crippen MR) is 244 cm³/mol. The molecule has 0 fully saturated rings. The van der Waals surface area contributed by atoms with Gasteiger partial charge in [-0.2, -0.15) is 0 Å². The van der Waals surface area contributed by atoms with E-state index in [1.54, 1.807) is 0 Å². The topological polar surface area (TPSA) is 60.9 Å². The lowest BCUT2D eigenvalue weighted by Gasteiger charge is -2.17. The Morgan fingerprint density at radius 2 is 1.08 bits per heavy atom. The zero-order valence-corrected chi connectivity index (χ0v) is 32.3. The second-order valence-electron chi connectivity index (χ2n) is 14.8. The molecule has 0 bridgehead atoms. The van der Waals surface area contributed by atoms with Gasteiger partial charge >= 0.3 is 0 Å². The van der Waals surface area contributed by atoms with Crippen LogP contribution >= 0.6 is 0 Å². The van der Waals surface area contributed by atoms with E-state index in [4.69, 9.17) is 19.9 Å². The van der Waals surface area contributed by atoms with E-state index in [-0.39, 0.29) is 0 Å². The van der Waals surface area contributed by atoms with Gasteiger partial charge in [-0.25, -0.2) is 19.9 Å². The van der Waals surface area contributed by atoms with Crippen molar-refractivity contribution in [2.75, 3.05) is 0 Å². The average molecular weight is 757 g/mol. The van der Waals surface area contributed by atoms with Gasteiger partial charge in [-0.05, 0) is 101 Å². The molecule has 0 aliphatic heterocycles. The van der Waals surface area contributed by atoms with E-state index in [1.807, 2.05) is 36.7 Å². The normalized spacial score (nSPS) is 12.0. The van der Waals surface area contributed by atoms with Crippen molar-refractivity contribution < 1.29 is 0 Å². The van der Waals surface area contributed by atoms with Crippen LogP contribution in [0.5, 0.6) is 0 Å². The third kappa shape index (κ3) is 5.72. The Balaban J connectivity index is 1.15. The van der Waals surface area contributed by atoms with E-state index in [0.717, 1.165) is 105 Å². The monoisotopic (exact) mass is 756 g/mol. The highest BCUT2D eigenvalue weighted by molar-refractivity contribution is 6.18. The SMILES string of the molecule is C=C(/N=C(\c1ccc2ccc(-n3c4ccccc4c4cccnc43)nc2c1C)n1c2ccccc2c2cccnc21)c1cc(-c2ccccc2)cc(-c2ccccc2)c1. The molecule has 11 rings (SSSR count). The highest BCUT2D eigenvalue weighted by atomic mass is 15.1. The number of para-hydroxylation sites is 2. The number of hydrogen-bond donors (Lipinski definition) is 0. The van der Waals surface area contributed by atoms with Crippen molar-refractivity contribution in [3.8, 4) is 28.1 Å². The van der Waals surface area contributed by atoms with Crippen LogP contribution in [0.4, 0.5) is 0 Å². The van der Waals surface area contributed by atoms with Gasteiger partial charge in [-0.3, -0.25) is 9.13 Å². The third-order valence-electron chi connectivity index (χ3n) is 11.4. The molecule has 0 amide bonds. The standard InChI is InChI=1S/C53H36N6/c1-34-42(27-25-38-26-28-49(57-50(34)38)58-47-23-11-9-19-43(47)45-21-13-29-54-51(45)58)53(59-48-24-12-10-20-44(48)46-22-14-30-55-52(46)59)56-35(2)39-31-40(36-15-5-3-6-16-36)33-41(32-39)37-17-7-4-8-18-37/h3-33H,2H2,1H3/b56-53+. The van der Waals surface area contributed by atoms with E-state index in [1.165, 1.54) is 0 Å². The second kappa shape index (κ2) is 13.9. The van der Waals surface area contributed by atoms with Crippen molar-refractivity contribution in [3.05, 3.63) is 212 Å². The Morgan fingerprint density at radius 3 is 1.78 bits per heavy atom. The minimum absolute atomic E-state index is 0.634. The summed E-state index contributed by atoms with van der Waals surface area (Å²) in [5.41, 5.74) is 12.6. The summed E-state index contributed by atoms with van der Waals surface area (Å²) in [4.78, 5) is 20.8. The van der Waals surface area contributed by atoms with Crippen molar-refractivity contribution in [1.29, 1.82) is 0 Å². The van der Waals surface area contributed by atoms with Crippen LogP contribution in [-0.2, 0) is 0 Å². The Bertz CT molecular complexity index is 3300. The van der Waals surface area contributed by atoms with E-state index in [0.29, 0.717) is 5.70 Å². The van der Waals surface area contributed by atoms with Gasteiger partial charge in [0, 0.05) is 50.5 Å². The molecule has 6 heteroatoms. The van der Waals surface area contributed by atoms with E-state index in [9.17, 15) is 0 Å². The Labute approximate surface area is 340 Å². The maximum absolute atomic E-state index is 5.55. The first kappa shape index (κ1) is 34.3. The van der Waals surface area contributed by atoms with Crippen molar-refractivity contribution in [1.82, 2.24) is 24.1 Å². The summed E-state index contributed by atoms with van der Waals surface area (Å²) in [5, 5.41) is 5.42. The lowest BCUT2D eigenvalue weighted by atomic mass is 9.95. The number of aryl methyl sites for hydroxylation is 1. The molecule has 0 saturated carbocycles. The summed E-state index contributed by atoms with van der Waals surface area (Å²) in [6.07, 6.45) is 3.69. The predicted octanol–water partition coefficient (Wildman–Crippen LogP) is 12.8. The molecule has 59 heavy (non-hydrogen) atoms. The highest BCUT2D eigenvalue weighted by Crippen LogP contribution is 2.36. The molecular weight excluding hydrogens is 721 g/mol. The molecule has 0 radical (unpaired) electrons. The smallest absolute Gasteiger partial charge is 0.147 e. The molecule has 6 nitrogen and oxygen atoms in total. The fourth-order valence-corrected chi connectivity index (χ4v) is 8.54. The fourth-order valence-electron chi connectivity index (χ4n) is 8.54. The van der Waals surface area contributed by atoms with Crippen LogP contribution in [0.25, 0.3) is 88.5 Å². The van der Waals surface area contributed by atoms with Crippen molar-refractivity contribution in [2.45, 2.75) is 6.92 Å². The fraction of sp³-hybridized carbons (Fsp3) is 0.0189. The summed E-state index contributed by atoms with van der Waals surface area (Å²) in [7, 11) is 0. The molecule has 0 spiro atoms. The van der Waals surface area contributed by atoms with Gasteiger partial charge in [-0.1, -0.05) is 116 Å². The van der Waals surface area contributed by atoms with Gasteiger partial charge in [0.2, 0.25) is 0 Å². The molecule has 0 aliphatic rings. The van der Waals surface area contributed by atoms with Crippen molar-refractivity contribution >= 4 is 66.3 Å². The Kier molecular flexibility index (Phi) is 8.08. The summed E-state index contributed by atoms with van der Waals surface area (Å²) >= 11 is 0. The van der Waals surface area contributed by atoms with Gasteiger partial charge in [0.25, 0.3) is 0 Å². The quantitative estimate of drug-likeness (QED) is 0.125. The van der Waals surface area contributed by atoms with Crippen LogP contribution in [0, 0.1) is 6.92 Å². The second-order valence-corrected chi connectivity index (χ2v) is 14.8. The summed E-state index contributed by atoms with van der Waals surface area (Å²) in [5.74, 6) is 1.52. The summed E-state index contributed by atoms with van der Waals surface area (Å²) in [6.45, 7) is 6.82. The number of rotatable bonds is 6. The first-order valence-corrected chi connectivity index (χ1v) is 19.7. The van der Waals surface area contributed by atoms with Crippen LogP contribution in [0.1, 0.15) is 16.7 Å². The summed E-state index contributed by atoms with van der Waals surface area (Å²) in [6, 6.07) is 61.2. The van der Waals surface area contributed by atoms with Crippen molar-refractivity contribution in [3.63, 3.8) is 0 Å². The Morgan fingerprint density at radius 1 is 0.525 bits per heavy atom. The molecule has 0 atom stereocenters. The zero-order valence-electron chi connectivity index (χ0n) is 32.3. The first-order chi connectivity index (χ1) is 29.1. The van der Waals surface area contributed by atoms with Gasteiger partial charge in [-0.15, -0.1) is 0 Å². The molecule has 278 valence electrons. The third-order valence-corrected chi connectivity index (χ3v) is 11.4. The molecule has 11 aromatic rings. The largest absolute Gasteiger partial charge is 0.278 e. The number of hydrogen-bond acceptors (Lipinski definition) is 4. The van der Waals surface area contributed by atoms with Crippen LogP contribution < -0.4 is 0 Å². The van der Waals surface area contributed by atoms with E-state index in [2.05, 4.69) is 174 Å². The Hall–Kier alpha value is -7.96. The zero-order chi connectivity index (χ0) is 39.5. The molecule has 0 N–H and O–H groups in total. The molecule has 5 heterocycles. The van der Waals surface area contributed by atoms with Crippen molar-refractivity contribution in [2.24, 2.45) is 4.99 Å². The number of aromatic nitrogens is 5. The van der Waals surface area contributed by atoms with Crippen LogP contribution in [0.3, 0.4) is 0 Å². The van der Waals surface area contributed by atoms with Crippen LogP contribution in [0.2, 0.25) is 0 Å². The van der Waals surface area contributed by atoms with Gasteiger partial charge in [0.15, 0.2) is 0 Å². The van der Waals surface area contributed by atoms with Gasteiger partial charge in [0.05, 0.1) is 22.2 Å². The van der Waals surface area contributed by atoms with Crippen LogP contribution in [-0.4, -0.2) is 29.9 Å². The minimum atomic E-state index is 0.634. The number of fused-ring (bicyclic) bond motifs is 7. The maximum atomic E-state index is 5.55. The molecule has 0 aliphatic carbocycles. The van der Waals surface area contributed by atoms with Gasteiger partial charge in [0.1, 0.15) is 22.9 Å². The highest BCUT2D eigenvalue weighted by Gasteiger charge is 2.22. The number of pyridine rings is 3. The maximum Gasteiger partial charge on any atom is 0.147 e. The molecule has 5 aromatic heterocycles. The molecular formula is C53H36N6. The summed E-state index contributed by atoms with van der Waals surface area (Å²) < 4.78 is 4.35. The lowest BCUT2D eigenvalue weighted by molar-refractivity contribution is 1.07. The number of benzene rings is 6. The minimum Gasteiger partial charge on any atom is -0.278 e. The average Bonchev–Trinajstić information content (AvgIpc) is 3.82. The number of nitrogens with zero attached hydrogens (tertiary/aromatic N) is 6. The van der Waals surface area contributed by atoms with Gasteiger partial charge < -0.3 is 0 Å². The van der Waals surface area contributed by atoms with E-state index < -0.39 is 0 Å². The number of aliphatic imine (C=N–C) groups is 1. The lowest BCUT2D eigenvalue weighted by Crippen LogP contribution is -2.16. The molecule has 0 unspecified atom stereocenters. The first-order valence-electron chi connectivity index (χ1n) is 19.7.